The van der Waals surface area contributed by atoms with E-state index < -0.39 is 5.60 Å². The van der Waals surface area contributed by atoms with Crippen LogP contribution in [-0.4, -0.2) is 29.4 Å². The second kappa shape index (κ2) is 6.62. The van der Waals surface area contributed by atoms with Crippen LogP contribution in [0.4, 0.5) is 0 Å². The summed E-state index contributed by atoms with van der Waals surface area (Å²) in [5.41, 5.74) is 1.37. The maximum Gasteiger partial charge on any atom is 0.133 e. The zero-order valence-corrected chi connectivity index (χ0v) is 13.5. The summed E-state index contributed by atoms with van der Waals surface area (Å²) in [6.45, 7) is 2.52. The summed E-state index contributed by atoms with van der Waals surface area (Å²) in [5, 5.41) is 33.1. The van der Waals surface area contributed by atoms with E-state index in [1.165, 1.54) is 0 Å². The average Bonchev–Trinajstić information content (AvgIpc) is 2.75. The first-order valence-electron chi connectivity index (χ1n) is 7.93. The first-order valence-corrected chi connectivity index (χ1v) is 7.93. The average molecular weight is 324 g/mol. The van der Waals surface area contributed by atoms with Gasteiger partial charge in [-0.05, 0) is 36.2 Å². The van der Waals surface area contributed by atoms with Crippen LogP contribution in [0.2, 0.25) is 0 Å². The molecule has 2 aromatic rings. The van der Waals surface area contributed by atoms with E-state index in [9.17, 15) is 5.11 Å². The third kappa shape index (κ3) is 2.65. The highest BCUT2D eigenvalue weighted by atomic mass is 16.5. The maximum absolute atomic E-state index is 11.7. The standard InChI is InChI=1S/C19H20N2O3/c1-13(21-8-9-22)19(23)16-7-6-14(11-20)10-15(16)12-24-18-5-3-2-4-17(18)19/h2-7,10,13,21-23H,8-9,12H2,1H3. The van der Waals surface area contributed by atoms with E-state index in [0.717, 1.165) is 5.56 Å². The molecule has 3 N–H and O–H groups in total. The third-order valence-electron chi connectivity index (χ3n) is 4.51. The Morgan fingerprint density at radius 2 is 2.08 bits per heavy atom. The molecule has 124 valence electrons. The Morgan fingerprint density at radius 3 is 2.83 bits per heavy atom. The first-order chi connectivity index (χ1) is 11.6. The Labute approximate surface area is 141 Å². The fourth-order valence-corrected chi connectivity index (χ4v) is 3.26. The number of fused-ring (bicyclic) bond motifs is 2. The first kappa shape index (κ1) is 16.5. The normalized spacial score (nSPS) is 20.1. The minimum absolute atomic E-state index is 0.0151. The number of nitriles is 1. The van der Waals surface area contributed by atoms with Gasteiger partial charge in [0.1, 0.15) is 18.0 Å². The number of nitrogens with one attached hydrogen (secondary N) is 1. The fourth-order valence-electron chi connectivity index (χ4n) is 3.26. The molecule has 0 saturated heterocycles. The molecule has 0 aromatic heterocycles. The lowest BCUT2D eigenvalue weighted by atomic mass is 9.78. The Kier molecular flexibility index (Phi) is 4.54. The quantitative estimate of drug-likeness (QED) is 0.796. The molecular formula is C19H20N2O3. The van der Waals surface area contributed by atoms with E-state index in [4.69, 9.17) is 15.1 Å². The molecule has 1 heterocycles. The van der Waals surface area contributed by atoms with Gasteiger partial charge in [-0.15, -0.1) is 0 Å². The van der Waals surface area contributed by atoms with Crippen LogP contribution in [0.15, 0.2) is 42.5 Å². The van der Waals surface area contributed by atoms with Crippen molar-refractivity contribution in [3.8, 4) is 11.8 Å². The van der Waals surface area contributed by atoms with Crippen LogP contribution in [0, 0.1) is 11.3 Å². The molecule has 2 aromatic carbocycles. The number of hydrogen-bond acceptors (Lipinski definition) is 5. The van der Waals surface area contributed by atoms with Gasteiger partial charge in [0.05, 0.1) is 18.2 Å². The summed E-state index contributed by atoms with van der Waals surface area (Å²) in [4.78, 5) is 0. The predicted octanol–water partition coefficient (Wildman–Crippen LogP) is 1.66. The monoisotopic (exact) mass is 324 g/mol. The highest BCUT2D eigenvalue weighted by Crippen LogP contribution is 2.42. The van der Waals surface area contributed by atoms with Gasteiger partial charge in [-0.1, -0.05) is 24.3 Å². The molecule has 24 heavy (non-hydrogen) atoms. The lowest BCUT2D eigenvalue weighted by Crippen LogP contribution is -2.48. The number of aliphatic hydroxyl groups is 2. The van der Waals surface area contributed by atoms with Crippen LogP contribution in [0.5, 0.6) is 5.75 Å². The Bertz CT molecular complexity index is 784. The van der Waals surface area contributed by atoms with Crippen molar-refractivity contribution in [2.75, 3.05) is 13.2 Å². The molecule has 0 spiro atoms. The summed E-state index contributed by atoms with van der Waals surface area (Å²) >= 11 is 0. The molecule has 5 heteroatoms. The van der Waals surface area contributed by atoms with Crippen LogP contribution in [0.3, 0.4) is 0 Å². The highest BCUT2D eigenvalue weighted by molar-refractivity contribution is 5.52. The van der Waals surface area contributed by atoms with E-state index >= 15 is 0 Å². The van der Waals surface area contributed by atoms with Crippen LogP contribution in [-0.2, 0) is 12.2 Å². The van der Waals surface area contributed by atoms with Gasteiger partial charge < -0.3 is 20.3 Å². The second-order valence-corrected chi connectivity index (χ2v) is 5.93. The van der Waals surface area contributed by atoms with E-state index in [1.54, 1.807) is 18.2 Å². The van der Waals surface area contributed by atoms with Gasteiger partial charge in [-0.3, -0.25) is 0 Å². The number of benzene rings is 2. The van der Waals surface area contributed by atoms with Gasteiger partial charge in [0.2, 0.25) is 0 Å². The van der Waals surface area contributed by atoms with Gasteiger partial charge in [-0.25, -0.2) is 0 Å². The number of nitrogens with zero attached hydrogens (tertiary/aromatic N) is 1. The molecule has 2 unspecified atom stereocenters. The van der Waals surface area contributed by atoms with E-state index in [-0.39, 0.29) is 19.3 Å². The second-order valence-electron chi connectivity index (χ2n) is 5.93. The van der Waals surface area contributed by atoms with E-state index in [2.05, 4.69) is 11.4 Å². The molecule has 0 bridgehead atoms. The molecule has 0 saturated carbocycles. The van der Waals surface area contributed by atoms with Crippen molar-refractivity contribution >= 4 is 0 Å². The van der Waals surface area contributed by atoms with E-state index in [1.807, 2.05) is 31.2 Å². The number of aliphatic hydroxyl groups excluding tert-OH is 1. The predicted molar refractivity (Wildman–Crippen MR) is 89.5 cm³/mol. The zero-order valence-electron chi connectivity index (χ0n) is 13.5. The lowest BCUT2D eigenvalue weighted by Gasteiger charge is -2.36. The van der Waals surface area contributed by atoms with E-state index in [0.29, 0.717) is 29.0 Å². The minimum atomic E-state index is -1.33. The van der Waals surface area contributed by atoms with Gasteiger partial charge in [0, 0.05) is 18.2 Å². The smallest absolute Gasteiger partial charge is 0.133 e. The summed E-state index contributed by atoms with van der Waals surface area (Å²) in [6, 6.07) is 14.4. The summed E-state index contributed by atoms with van der Waals surface area (Å²) < 4.78 is 5.88. The molecule has 5 nitrogen and oxygen atoms in total. The van der Waals surface area contributed by atoms with Crippen molar-refractivity contribution in [1.29, 1.82) is 5.26 Å². The Morgan fingerprint density at radius 1 is 1.29 bits per heavy atom. The fraction of sp³-hybridized carbons (Fsp3) is 0.316. The topological polar surface area (TPSA) is 85.5 Å². The van der Waals surface area contributed by atoms with Crippen molar-refractivity contribution in [2.24, 2.45) is 0 Å². The largest absolute Gasteiger partial charge is 0.488 e. The van der Waals surface area contributed by atoms with Crippen LogP contribution in [0.1, 0.15) is 29.2 Å². The molecular weight excluding hydrogens is 304 g/mol. The van der Waals surface area contributed by atoms with Crippen LogP contribution < -0.4 is 10.1 Å². The van der Waals surface area contributed by atoms with Gasteiger partial charge in [-0.2, -0.15) is 5.26 Å². The molecule has 0 amide bonds. The Balaban J connectivity index is 2.19. The summed E-state index contributed by atoms with van der Waals surface area (Å²) in [7, 11) is 0. The van der Waals surface area contributed by atoms with Gasteiger partial charge in [0.15, 0.2) is 0 Å². The van der Waals surface area contributed by atoms with Gasteiger partial charge in [0.25, 0.3) is 0 Å². The summed E-state index contributed by atoms with van der Waals surface area (Å²) in [6.07, 6.45) is 0. The zero-order chi connectivity index (χ0) is 17.2. The molecule has 1 aliphatic heterocycles. The van der Waals surface area contributed by atoms with Crippen molar-refractivity contribution in [1.82, 2.24) is 5.32 Å². The third-order valence-corrected chi connectivity index (χ3v) is 4.51. The molecule has 1 aliphatic rings. The molecule has 0 radical (unpaired) electrons. The number of ether oxygens (including phenoxy) is 1. The van der Waals surface area contributed by atoms with Crippen LogP contribution >= 0.6 is 0 Å². The number of para-hydroxylation sites is 1. The molecule has 2 atom stereocenters. The Hall–Kier alpha value is -2.39. The highest BCUT2D eigenvalue weighted by Gasteiger charge is 2.42. The van der Waals surface area contributed by atoms with Crippen molar-refractivity contribution < 1.29 is 14.9 Å². The van der Waals surface area contributed by atoms with Crippen molar-refractivity contribution in [3.63, 3.8) is 0 Å². The number of hydrogen-bond donors (Lipinski definition) is 3. The molecule has 3 rings (SSSR count). The maximum atomic E-state index is 11.7. The summed E-state index contributed by atoms with van der Waals surface area (Å²) in [5.74, 6) is 0.618. The molecule has 0 fully saturated rings. The van der Waals surface area contributed by atoms with Crippen LogP contribution in [0.25, 0.3) is 0 Å². The lowest BCUT2D eigenvalue weighted by molar-refractivity contribution is 0.0416. The van der Waals surface area contributed by atoms with Crippen molar-refractivity contribution in [2.45, 2.75) is 25.2 Å². The minimum Gasteiger partial charge on any atom is -0.488 e. The number of rotatable bonds is 4. The van der Waals surface area contributed by atoms with Gasteiger partial charge >= 0.3 is 0 Å². The SMILES string of the molecule is CC(NCCO)C1(O)c2ccc(C#N)cc2COc2ccccc21. The molecule has 0 aliphatic carbocycles. The van der Waals surface area contributed by atoms with Crippen molar-refractivity contribution in [3.05, 3.63) is 64.7 Å².